The van der Waals surface area contributed by atoms with Gasteiger partial charge in [0.15, 0.2) is 0 Å². The van der Waals surface area contributed by atoms with Gasteiger partial charge in [0.05, 0.1) is 5.88 Å². The Balaban J connectivity index is 2.12. The van der Waals surface area contributed by atoms with Gasteiger partial charge >= 0.3 is 0 Å². The average Bonchev–Trinajstić information content (AvgIpc) is 2.39. The lowest BCUT2D eigenvalue weighted by Crippen LogP contribution is -1.99. The predicted octanol–water partition coefficient (Wildman–Crippen LogP) is 4.02. The average molecular weight is 263 g/mol. The summed E-state index contributed by atoms with van der Waals surface area (Å²) in [5.41, 5.74) is 3.08. The first kappa shape index (κ1) is 12.8. The molecule has 2 aromatic rings. The van der Waals surface area contributed by atoms with E-state index in [1.807, 2.05) is 37.3 Å². The molecule has 0 fully saturated rings. The Kier molecular flexibility index (Phi) is 4.11. The van der Waals surface area contributed by atoms with Crippen LogP contribution in [0.5, 0.6) is 11.5 Å². The van der Waals surface area contributed by atoms with Crippen LogP contribution in [0.15, 0.2) is 42.5 Å². The molecule has 0 heterocycles. The van der Waals surface area contributed by atoms with Crippen molar-refractivity contribution in [3.8, 4) is 11.5 Å². The Hall–Kier alpha value is -1.67. The zero-order valence-corrected chi connectivity index (χ0v) is 10.9. The van der Waals surface area contributed by atoms with Crippen LogP contribution in [0.25, 0.3) is 0 Å². The molecule has 0 atom stereocenters. The van der Waals surface area contributed by atoms with E-state index in [1.54, 1.807) is 12.1 Å². The van der Waals surface area contributed by atoms with Crippen LogP contribution in [0.4, 0.5) is 0 Å². The Bertz CT molecular complexity index is 521. The van der Waals surface area contributed by atoms with Crippen LogP contribution in [0.1, 0.15) is 16.7 Å². The SMILES string of the molecule is Cc1cccc(CCl)c1OCc1ccc(O)cc1. The molecule has 2 rings (SSSR count). The first-order chi connectivity index (χ1) is 8.70. The van der Waals surface area contributed by atoms with Crippen molar-refractivity contribution < 1.29 is 9.84 Å². The fourth-order valence-electron chi connectivity index (χ4n) is 1.77. The Morgan fingerprint density at radius 3 is 2.50 bits per heavy atom. The maximum atomic E-state index is 9.21. The normalized spacial score (nSPS) is 10.3. The third kappa shape index (κ3) is 2.96. The number of phenols is 1. The van der Waals surface area contributed by atoms with Crippen molar-refractivity contribution in [3.05, 3.63) is 59.2 Å². The number of hydrogen-bond donors (Lipinski definition) is 1. The van der Waals surface area contributed by atoms with E-state index in [0.29, 0.717) is 12.5 Å². The van der Waals surface area contributed by atoms with Crippen LogP contribution in [0.2, 0.25) is 0 Å². The highest BCUT2D eigenvalue weighted by Crippen LogP contribution is 2.26. The van der Waals surface area contributed by atoms with E-state index in [0.717, 1.165) is 22.4 Å². The molecule has 0 aliphatic heterocycles. The van der Waals surface area contributed by atoms with Crippen molar-refractivity contribution in [2.75, 3.05) is 0 Å². The van der Waals surface area contributed by atoms with Crippen LogP contribution in [0.3, 0.4) is 0 Å². The van der Waals surface area contributed by atoms with Crippen LogP contribution < -0.4 is 4.74 Å². The van der Waals surface area contributed by atoms with Crippen molar-refractivity contribution in [1.29, 1.82) is 0 Å². The number of alkyl halides is 1. The van der Waals surface area contributed by atoms with E-state index < -0.39 is 0 Å². The minimum absolute atomic E-state index is 0.260. The Morgan fingerprint density at radius 2 is 1.83 bits per heavy atom. The van der Waals surface area contributed by atoms with Crippen LogP contribution in [-0.4, -0.2) is 5.11 Å². The highest BCUT2D eigenvalue weighted by molar-refractivity contribution is 6.17. The maximum Gasteiger partial charge on any atom is 0.127 e. The summed E-state index contributed by atoms with van der Waals surface area (Å²) in [6.45, 7) is 2.47. The van der Waals surface area contributed by atoms with Crippen molar-refractivity contribution in [3.63, 3.8) is 0 Å². The Morgan fingerprint density at radius 1 is 1.11 bits per heavy atom. The Labute approximate surface area is 112 Å². The molecule has 0 aliphatic carbocycles. The number of benzene rings is 2. The standard InChI is InChI=1S/C15H15ClO2/c1-11-3-2-4-13(9-16)15(11)18-10-12-5-7-14(17)8-6-12/h2-8,17H,9-10H2,1H3. The smallest absolute Gasteiger partial charge is 0.127 e. The second-order valence-electron chi connectivity index (χ2n) is 4.15. The van der Waals surface area contributed by atoms with Crippen molar-refractivity contribution >= 4 is 11.6 Å². The highest BCUT2D eigenvalue weighted by atomic mass is 35.5. The van der Waals surface area contributed by atoms with Gasteiger partial charge in [0.1, 0.15) is 18.1 Å². The van der Waals surface area contributed by atoms with Gasteiger partial charge in [0.25, 0.3) is 0 Å². The summed E-state index contributed by atoms with van der Waals surface area (Å²) in [5.74, 6) is 1.55. The van der Waals surface area contributed by atoms with Gasteiger partial charge in [-0.1, -0.05) is 30.3 Å². The molecule has 0 unspecified atom stereocenters. The minimum atomic E-state index is 0.260. The number of hydrogen-bond acceptors (Lipinski definition) is 2. The molecule has 0 radical (unpaired) electrons. The molecular formula is C15H15ClO2. The molecule has 2 aromatic carbocycles. The van der Waals surface area contributed by atoms with Crippen LogP contribution in [-0.2, 0) is 12.5 Å². The lowest BCUT2D eigenvalue weighted by molar-refractivity contribution is 0.301. The molecule has 0 saturated heterocycles. The molecule has 0 aromatic heterocycles. The second-order valence-corrected chi connectivity index (χ2v) is 4.42. The van der Waals surface area contributed by atoms with Crippen molar-refractivity contribution in [1.82, 2.24) is 0 Å². The molecule has 94 valence electrons. The summed E-state index contributed by atoms with van der Waals surface area (Å²) < 4.78 is 5.82. The maximum absolute atomic E-state index is 9.21. The second kappa shape index (κ2) is 5.78. The van der Waals surface area contributed by atoms with Gasteiger partial charge in [0, 0.05) is 5.56 Å². The van der Waals surface area contributed by atoms with Gasteiger partial charge in [-0.3, -0.25) is 0 Å². The minimum Gasteiger partial charge on any atom is -0.508 e. The van der Waals surface area contributed by atoms with E-state index in [1.165, 1.54) is 0 Å². The molecule has 0 saturated carbocycles. The van der Waals surface area contributed by atoms with E-state index >= 15 is 0 Å². The molecular weight excluding hydrogens is 248 g/mol. The molecule has 2 nitrogen and oxygen atoms in total. The van der Waals surface area contributed by atoms with Gasteiger partial charge in [0.2, 0.25) is 0 Å². The van der Waals surface area contributed by atoms with E-state index in [9.17, 15) is 5.11 Å². The number of para-hydroxylation sites is 1. The number of aromatic hydroxyl groups is 1. The number of phenolic OH excluding ortho intramolecular Hbond substituents is 1. The molecule has 3 heteroatoms. The molecule has 0 amide bonds. The zero-order valence-electron chi connectivity index (χ0n) is 10.2. The highest BCUT2D eigenvalue weighted by Gasteiger charge is 2.06. The van der Waals surface area contributed by atoms with Crippen LogP contribution in [0, 0.1) is 6.92 Å². The number of ether oxygens (including phenoxy) is 1. The van der Waals surface area contributed by atoms with Gasteiger partial charge < -0.3 is 9.84 Å². The van der Waals surface area contributed by atoms with E-state index in [-0.39, 0.29) is 5.75 Å². The van der Waals surface area contributed by atoms with Gasteiger partial charge in [-0.05, 0) is 30.2 Å². The number of halogens is 1. The van der Waals surface area contributed by atoms with Crippen molar-refractivity contribution in [2.45, 2.75) is 19.4 Å². The quantitative estimate of drug-likeness (QED) is 0.844. The van der Waals surface area contributed by atoms with Gasteiger partial charge in [-0.15, -0.1) is 11.6 Å². The van der Waals surface area contributed by atoms with Gasteiger partial charge in [-0.25, -0.2) is 0 Å². The fourth-order valence-corrected chi connectivity index (χ4v) is 1.98. The van der Waals surface area contributed by atoms with Gasteiger partial charge in [-0.2, -0.15) is 0 Å². The van der Waals surface area contributed by atoms with Crippen molar-refractivity contribution in [2.24, 2.45) is 0 Å². The summed E-state index contributed by atoms with van der Waals surface area (Å²) >= 11 is 5.89. The lowest BCUT2D eigenvalue weighted by atomic mass is 10.1. The fraction of sp³-hybridized carbons (Fsp3) is 0.200. The lowest BCUT2D eigenvalue weighted by Gasteiger charge is -2.12. The number of rotatable bonds is 4. The van der Waals surface area contributed by atoms with Crippen LogP contribution >= 0.6 is 11.6 Å². The summed E-state index contributed by atoms with van der Waals surface area (Å²) in [6.07, 6.45) is 0. The zero-order chi connectivity index (χ0) is 13.0. The first-order valence-corrected chi connectivity index (χ1v) is 6.29. The topological polar surface area (TPSA) is 29.5 Å². The summed E-state index contributed by atoms with van der Waals surface area (Å²) in [5, 5.41) is 9.21. The van der Waals surface area contributed by atoms with E-state index in [2.05, 4.69) is 0 Å². The number of aryl methyl sites for hydroxylation is 1. The summed E-state index contributed by atoms with van der Waals surface area (Å²) in [7, 11) is 0. The molecule has 0 aliphatic rings. The molecule has 18 heavy (non-hydrogen) atoms. The monoisotopic (exact) mass is 262 g/mol. The molecule has 1 N–H and O–H groups in total. The first-order valence-electron chi connectivity index (χ1n) is 5.76. The molecule has 0 bridgehead atoms. The third-order valence-corrected chi connectivity index (χ3v) is 3.04. The largest absolute Gasteiger partial charge is 0.508 e. The van der Waals surface area contributed by atoms with E-state index in [4.69, 9.17) is 16.3 Å². The summed E-state index contributed by atoms with van der Waals surface area (Å²) in [6, 6.07) is 12.9. The molecule has 0 spiro atoms. The third-order valence-electron chi connectivity index (χ3n) is 2.76. The predicted molar refractivity (Wildman–Crippen MR) is 73.2 cm³/mol. The summed E-state index contributed by atoms with van der Waals surface area (Å²) in [4.78, 5) is 0.